The van der Waals surface area contributed by atoms with Gasteiger partial charge in [-0.1, -0.05) is 36.4 Å². The van der Waals surface area contributed by atoms with E-state index in [0.717, 1.165) is 11.3 Å². The van der Waals surface area contributed by atoms with Crippen molar-refractivity contribution in [1.82, 2.24) is 0 Å². The maximum Gasteiger partial charge on any atom is 0.123 e. The number of para-hydroxylation sites is 1. The van der Waals surface area contributed by atoms with Crippen LogP contribution in [0, 0.1) is 0 Å². The first kappa shape index (κ1) is 13.0. The molecule has 1 unspecified atom stereocenters. The molecule has 18 heavy (non-hydrogen) atoms. The molecule has 0 aliphatic carbocycles. The Morgan fingerprint density at radius 3 is 2.39 bits per heavy atom. The summed E-state index contributed by atoms with van der Waals surface area (Å²) in [4.78, 5) is 1.22. The molecule has 0 aromatic heterocycles. The summed E-state index contributed by atoms with van der Waals surface area (Å²) >= 11 is 1.77. The second kappa shape index (κ2) is 6.47. The summed E-state index contributed by atoms with van der Waals surface area (Å²) < 4.78 is 5.40. The summed E-state index contributed by atoms with van der Waals surface area (Å²) in [6.07, 6.45) is 0. The van der Waals surface area contributed by atoms with E-state index in [0.29, 0.717) is 6.54 Å². The van der Waals surface area contributed by atoms with Gasteiger partial charge >= 0.3 is 0 Å². The first-order valence-electron chi connectivity index (χ1n) is 5.90. The molecule has 2 N–H and O–H groups in total. The van der Waals surface area contributed by atoms with Gasteiger partial charge in [-0.3, -0.25) is 0 Å². The lowest BCUT2D eigenvalue weighted by atomic mass is 10.1. The van der Waals surface area contributed by atoms with Crippen molar-refractivity contribution in [3.63, 3.8) is 0 Å². The minimum atomic E-state index is 0.212. The Balaban J connectivity index is 2.23. The number of benzene rings is 2. The molecule has 0 saturated heterocycles. The monoisotopic (exact) mass is 259 g/mol. The van der Waals surface area contributed by atoms with Gasteiger partial charge in [0.25, 0.3) is 0 Å². The molecule has 2 nitrogen and oxygen atoms in total. The lowest BCUT2D eigenvalue weighted by Crippen LogP contribution is -2.10. The highest BCUT2D eigenvalue weighted by atomic mass is 32.2. The van der Waals surface area contributed by atoms with Crippen LogP contribution in [0.15, 0.2) is 59.5 Å². The Hall–Kier alpha value is -1.45. The summed E-state index contributed by atoms with van der Waals surface area (Å²) in [6, 6.07) is 18.3. The van der Waals surface area contributed by atoms with Gasteiger partial charge in [-0.05, 0) is 18.2 Å². The summed E-state index contributed by atoms with van der Waals surface area (Å²) in [5, 5.41) is 0.212. The molecule has 0 aliphatic heterocycles. The van der Waals surface area contributed by atoms with Crippen LogP contribution in [-0.4, -0.2) is 13.7 Å². The van der Waals surface area contributed by atoms with Crippen LogP contribution in [0.5, 0.6) is 5.75 Å². The number of hydrogen-bond donors (Lipinski definition) is 1. The van der Waals surface area contributed by atoms with Crippen molar-refractivity contribution in [2.24, 2.45) is 5.73 Å². The third-order valence-corrected chi connectivity index (χ3v) is 4.00. The molecule has 0 fully saturated rings. The molecule has 3 heteroatoms. The highest BCUT2D eigenvalue weighted by Crippen LogP contribution is 2.38. The van der Waals surface area contributed by atoms with E-state index >= 15 is 0 Å². The highest BCUT2D eigenvalue weighted by Gasteiger charge is 2.15. The van der Waals surface area contributed by atoms with Crippen molar-refractivity contribution in [3.8, 4) is 5.75 Å². The molecule has 1 atom stereocenters. The summed E-state index contributed by atoms with van der Waals surface area (Å²) in [5.74, 6) is 0.899. The quantitative estimate of drug-likeness (QED) is 0.835. The van der Waals surface area contributed by atoms with E-state index < -0.39 is 0 Å². The Labute approximate surface area is 112 Å². The molecular formula is C15H17NOS. The molecule has 0 saturated carbocycles. The van der Waals surface area contributed by atoms with E-state index in [4.69, 9.17) is 10.5 Å². The minimum Gasteiger partial charge on any atom is -0.496 e. The predicted octanol–water partition coefficient (Wildman–Crippen LogP) is 3.49. The van der Waals surface area contributed by atoms with Gasteiger partial charge in [0.15, 0.2) is 0 Å². The van der Waals surface area contributed by atoms with Gasteiger partial charge in [-0.2, -0.15) is 0 Å². The van der Waals surface area contributed by atoms with Gasteiger partial charge in [0.05, 0.1) is 12.4 Å². The maximum absolute atomic E-state index is 5.90. The molecule has 0 heterocycles. The van der Waals surface area contributed by atoms with Crippen molar-refractivity contribution < 1.29 is 4.74 Å². The van der Waals surface area contributed by atoms with Crippen molar-refractivity contribution in [2.45, 2.75) is 10.1 Å². The Morgan fingerprint density at radius 2 is 1.72 bits per heavy atom. The van der Waals surface area contributed by atoms with Crippen LogP contribution in [0.3, 0.4) is 0 Å². The fourth-order valence-corrected chi connectivity index (χ4v) is 2.90. The van der Waals surface area contributed by atoms with Crippen LogP contribution in [0.1, 0.15) is 10.8 Å². The number of rotatable bonds is 5. The summed E-state index contributed by atoms with van der Waals surface area (Å²) in [7, 11) is 1.69. The van der Waals surface area contributed by atoms with Crippen molar-refractivity contribution in [2.75, 3.05) is 13.7 Å². The van der Waals surface area contributed by atoms with E-state index in [1.807, 2.05) is 36.4 Å². The lowest BCUT2D eigenvalue weighted by molar-refractivity contribution is 0.409. The summed E-state index contributed by atoms with van der Waals surface area (Å²) in [6.45, 7) is 0.583. The first-order valence-corrected chi connectivity index (χ1v) is 6.78. The number of ether oxygens (including phenoxy) is 1. The Kier molecular flexibility index (Phi) is 4.67. The third-order valence-electron chi connectivity index (χ3n) is 2.72. The van der Waals surface area contributed by atoms with Crippen molar-refractivity contribution >= 4 is 11.8 Å². The standard InChI is InChI=1S/C15H17NOS/c1-17-14-10-6-5-9-13(14)15(11-16)18-12-7-3-2-4-8-12/h2-10,15H,11,16H2,1H3. The molecule has 94 valence electrons. The van der Waals surface area contributed by atoms with Crippen LogP contribution in [0.25, 0.3) is 0 Å². The number of methoxy groups -OCH3 is 1. The Morgan fingerprint density at radius 1 is 1.06 bits per heavy atom. The molecule has 0 amide bonds. The van der Waals surface area contributed by atoms with Gasteiger partial charge in [0, 0.05) is 17.0 Å². The molecule has 0 aliphatic rings. The van der Waals surface area contributed by atoms with Crippen molar-refractivity contribution in [3.05, 3.63) is 60.2 Å². The summed E-state index contributed by atoms with van der Waals surface area (Å²) in [5.41, 5.74) is 7.05. The highest BCUT2D eigenvalue weighted by molar-refractivity contribution is 7.99. The lowest BCUT2D eigenvalue weighted by Gasteiger charge is -2.17. The maximum atomic E-state index is 5.90. The van der Waals surface area contributed by atoms with Crippen LogP contribution in [0.4, 0.5) is 0 Å². The number of nitrogens with two attached hydrogens (primary N) is 1. The van der Waals surface area contributed by atoms with Gasteiger partial charge < -0.3 is 10.5 Å². The second-order valence-corrected chi connectivity index (χ2v) is 5.17. The number of thioether (sulfide) groups is 1. The molecule has 0 spiro atoms. The molecular weight excluding hydrogens is 242 g/mol. The third kappa shape index (κ3) is 3.06. The average Bonchev–Trinajstić information content (AvgIpc) is 2.46. The molecule has 2 aromatic rings. The van der Waals surface area contributed by atoms with E-state index in [-0.39, 0.29) is 5.25 Å². The van der Waals surface area contributed by atoms with E-state index in [9.17, 15) is 0 Å². The zero-order valence-electron chi connectivity index (χ0n) is 10.4. The predicted molar refractivity (Wildman–Crippen MR) is 77.1 cm³/mol. The molecule has 2 rings (SSSR count). The van der Waals surface area contributed by atoms with Crippen LogP contribution < -0.4 is 10.5 Å². The van der Waals surface area contributed by atoms with Crippen molar-refractivity contribution in [1.29, 1.82) is 0 Å². The van der Waals surface area contributed by atoms with Gasteiger partial charge in [-0.15, -0.1) is 11.8 Å². The topological polar surface area (TPSA) is 35.2 Å². The van der Waals surface area contributed by atoms with Crippen LogP contribution >= 0.6 is 11.8 Å². The van der Waals surface area contributed by atoms with E-state index in [2.05, 4.69) is 18.2 Å². The second-order valence-electron chi connectivity index (χ2n) is 3.90. The average molecular weight is 259 g/mol. The van der Waals surface area contributed by atoms with Gasteiger partial charge in [0.1, 0.15) is 5.75 Å². The fourth-order valence-electron chi connectivity index (χ4n) is 1.83. The largest absolute Gasteiger partial charge is 0.496 e. The zero-order valence-corrected chi connectivity index (χ0v) is 11.2. The first-order chi connectivity index (χ1) is 8.85. The van der Waals surface area contributed by atoms with Gasteiger partial charge in [-0.25, -0.2) is 0 Å². The molecule has 2 aromatic carbocycles. The normalized spacial score (nSPS) is 12.1. The van der Waals surface area contributed by atoms with E-state index in [1.165, 1.54) is 4.90 Å². The zero-order chi connectivity index (χ0) is 12.8. The smallest absolute Gasteiger partial charge is 0.123 e. The molecule has 0 radical (unpaired) electrons. The van der Waals surface area contributed by atoms with Gasteiger partial charge in [0.2, 0.25) is 0 Å². The fraction of sp³-hybridized carbons (Fsp3) is 0.200. The van der Waals surface area contributed by atoms with Crippen LogP contribution in [0.2, 0.25) is 0 Å². The molecule has 0 bridgehead atoms. The Bertz CT molecular complexity index is 487. The van der Waals surface area contributed by atoms with Crippen LogP contribution in [-0.2, 0) is 0 Å². The van der Waals surface area contributed by atoms with E-state index in [1.54, 1.807) is 18.9 Å². The minimum absolute atomic E-state index is 0.212. The SMILES string of the molecule is COc1ccccc1C(CN)Sc1ccccc1. The number of hydrogen-bond acceptors (Lipinski definition) is 3.